The van der Waals surface area contributed by atoms with Gasteiger partial charge in [-0.3, -0.25) is 9.48 Å². The Bertz CT molecular complexity index is 668. The first-order chi connectivity index (χ1) is 10.1. The minimum atomic E-state index is -0.212. The minimum Gasteiger partial charge on any atom is -0.346 e. The molecule has 3 heterocycles. The third-order valence-electron chi connectivity index (χ3n) is 3.96. The topological polar surface area (TPSA) is 89.7 Å². The Balaban J connectivity index is 1.64. The van der Waals surface area contributed by atoms with Gasteiger partial charge < -0.3 is 10.6 Å². The van der Waals surface area contributed by atoms with Gasteiger partial charge in [0.1, 0.15) is 0 Å². The van der Waals surface area contributed by atoms with Crippen LogP contribution in [0.5, 0.6) is 0 Å². The zero-order valence-corrected chi connectivity index (χ0v) is 12.4. The smallest absolute Gasteiger partial charge is 0.273 e. The molecule has 21 heavy (non-hydrogen) atoms. The van der Waals surface area contributed by atoms with Gasteiger partial charge in [-0.05, 0) is 13.8 Å². The normalized spacial score (nSPS) is 15.0. The van der Waals surface area contributed by atoms with E-state index >= 15 is 0 Å². The Morgan fingerprint density at radius 1 is 1.48 bits per heavy atom. The van der Waals surface area contributed by atoms with Gasteiger partial charge in [0.05, 0.1) is 17.9 Å². The van der Waals surface area contributed by atoms with Crippen molar-refractivity contribution in [3.8, 4) is 0 Å². The molecule has 2 N–H and O–H groups in total. The average molecular weight is 289 g/mol. The van der Waals surface area contributed by atoms with Crippen molar-refractivity contribution in [1.82, 2.24) is 35.4 Å². The number of nitrogens with zero attached hydrogens (tertiary/aromatic N) is 5. The van der Waals surface area contributed by atoms with E-state index in [1.807, 2.05) is 25.6 Å². The molecule has 3 rings (SSSR count). The van der Waals surface area contributed by atoms with E-state index in [1.54, 1.807) is 10.9 Å². The van der Waals surface area contributed by atoms with Gasteiger partial charge >= 0.3 is 0 Å². The molecule has 1 saturated heterocycles. The Morgan fingerprint density at radius 3 is 2.81 bits per heavy atom. The van der Waals surface area contributed by atoms with Crippen LogP contribution in [0, 0.1) is 13.8 Å². The lowest BCUT2D eigenvalue weighted by atomic mass is 10.2. The van der Waals surface area contributed by atoms with Gasteiger partial charge in [-0.15, -0.1) is 5.10 Å². The van der Waals surface area contributed by atoms with Gasteiger partial charge in [-0.1, -0.05) is 5.21 Å². The third kappa shape index (κ3) is 2.54. The lowest BCUT2D eigenvalue weighted by Gasteiger charge is -2.26. The fourth-order valence-electron chi connectivity index (χ4n) is 2.35. The lowest BCUT2D eigenvalue weighted by molar-refractivity contribution is 0.0945. The van der Waals surface area contributed by atoms with E-state index in [1.165, 1.54) is 0 Å². The number of rotatable bonds is 4. The van der Waals surface area contributed by atoms with Crippen LogP contribution in [-0.4, -0.2) is 43.8 Å². The van der Waals surface area contributed by atoms with E-state index in [9.17, 15) is 4.79 Å². The predicted molar refractivity (Wildman–Crippen MR) is 75.8 cm³/mol. The highest BCUT2D eigenvalue weighted by atomic mass is 16.2. The Labute approximate surface area is 122 Å². The van der Waals surface area contributed by atoms with Crippen LogP contribution < -0.4 is 10.6 Å². The number of aryl methyl sites for hydroxylation is 2. The van der Waals surface area contributed by atoms with Gasteiger partial charge in [0.2, 0.25) is 0 Å². The summed E-state index contributed by atoms with van der Waals surface area (Å²) in [4.78, 5) is 12.1. The summed E-state index contributed by atoms with van der Waals surface area (Å²) < 4.78 is 3.56. The summed E-state index contributed by atoms with van der Waals surface area (Å²) in [6, 6.07) is 0.307. The average Bonchev–Trinajstić information content (AvgIpc) is 2.93. The summed E-state index contributed by atoms with van der Waals surface area (Å²) in [6.07, 6.45) is 1.70. The van der Waals surface area contributed by atoms with E-state index in [4.69, 9.17) is 0 Å². The molecular formula is C13H19N7O. The summed E-state index contributed by atoms with van der Waals surface area (Å²) in [7, 11) is 1.89. The molecule has 0 unspecified atom stereocenters. The summed E-state index contributed by atoms with van der Waals surface area (Å²) in [5, 5.41) is 18.3. The minimum absolute atomic E-state index is 0.212. The number of hydrogen-bond donors (Lipinski definition) is 2. The Morgan fingerprint density at radius 2 is 2.24 bits per heavy atom. The van der Waals surface area contributed by atoms with E-state index < -0.39 is 0 Å². The quantitative estimate of drug-likeness (QED) is 0.807. The molecule has 8 nitrogen and oxygen atoms in total. The van der Waals surface area contributed by atoms with Crippen LogP contribution in [0.15, 0.2) is 6.20 Å². The summed E-state index contributed by atoms with van der Waals surface area (Å²) in [6.45, 7) is 6.12. The van der Waals surface area contributed by atoms with Crippen LogP contribution in [0.1, 0.15) is 33.5 Å². The van der Waals surface area contributed by atoms with Crippen molar-refractivity contribution in [3.63, 3.8) is 0 Å². The van der Waals surface area contributed by atoms with E-state index in [-0.39, 0.29) is 5.91 Å². The fourth-order valence-corrected chi connectivity index (χ4v) is 2.35. The summed E-state index contributed by atoms with van der Waals surface area (Å²) >= 11 is 0. The zero-order valence-electron chi connectivity index (χ0n) is 12.4. The van der Waals surface area contributed by atoms with E-state index in [0.717, 1.165) is 30.0 Å². The van der Waals surface area contributed by atoms with Crippen LogP contribution in [0.4, 0.5) is 0 Å². The van der Waals surface area contributed by atoms with Crippen molar-refractivity contribution >= 4 is 5.91 Å². The van der Waals surface area contributed by atoms with E-state index in [0.29, 0.717) is 18.3 Å². The molecule has 1 aliphatic rings. The SMILES string of the molecule is Cc1nn(C)c(C)c1CNC(=O)c1cn(C2CNC2)nn1. The highest BCUT2D eigenvalue weighted by molar-refractivity contribution is 5.91. The van der Waals surface area contributed by atoms with Gasteiger partial charge in [0.15, 0.2) is 5.69 Å². The highest BCUT2D eigenvalue weighted by Crippen LogP contribution is 2.12. The van der Waals surface area contributed by atoms with Gasteiger partial charge in [0, 0.05) is 37.9 Å². The Kier molecular flexibility index (Phi) is 3.46. The fraction of sp³-hybridized carbons (Fsp3) is 0.538. The largest absolute Gasteiger partial charge is 0.346 e. The van der Waals surface area contributed by atoms with Crippen LogP contribution in [0.2, 0.25) is 0 Å². The van der Waals surface area contributed by atoms with Gasteiger partial charge in [0.25, 0.3) is 5.91 Å². The maximum atomic E-state index is 12.1. The van der Waals surface area contributed by atoms with E-state index in [2.05, 4.69) is 26.0 Å². The first-order valence-electron chi connectivity index (χ1n) is 6.96. The number of amides is 1. The second kappa shape index (κ2) is 5.28. The van der Waals surface area contributed by atoms with Crippen molar-refractivity contribution in [2.75, 3.05) is 13.1 Å². The molecule has 0 spiro atoms. The number of hydrogen-bond acceptors (Lipinski definition) is 5. The maximum absolute atomic E-state index is 12.1. The van der Waals surface area contributed by atoms with Crippen molar-refractivity contribution in [2.45, 2.75) is 26.4 Å². The number of nitrogens with one attached hydrogen (secondary N) is 2. The van der Waals surface area contributed by atoms with Crippen molar-refractivity contribution in [1.29, 1.82) is 0 Å². The molecule has 0 radical (unpaired) electrons. The molecule has 1 aliphatic heterocycles. The molecule has 0 aliphatic carbocycles. The lowest BCUT2D eigenvalue weighted by Crippen LogP contribution is -2.43. The van der Waals surface area contributed by atoms with Crippen molar-refractivity contribution < 1.29 is 4.79 Å². The molecule has 2 aromatic rings. The molecular weight excluding hydrogens is 270 g/mol. The van der Waals surface area contributed by atoms with Crippen molar-refractivity contribution in [3.05, 3.63) is 28.8 Å². The molecule has 0 aromatic carbocycles. The van der Waals surface area contributed by atoms with Gasteiger partial charge in [-0.2, -0.15) is 5.10 Å². The third-order valence-corrected chi connectivity index (χ3v) is 3.96. The summed E-state index contributed by atoms with van der Waals surface area (Å²) in [5.41, 5.74) is 3.37. The monoisotopic (exact) mass is 289 g/mol. The second-order valence-corrected chi connectivity index (χ2v) is 5.35. The number of carbonyl (C=O) groups is 1. The highest BCUT2D eigenvalue weighted by Gasteiger charge is 2.21. The molecule has 0 atom stereocenters. The number of carbonyl (C=O) groups excluding carboxylic acids is 1. The van der Waals surface area contributed by atoms with Gasteiger partial charge in [-0.25, -0.2) is 4.68 Å². The van der Waals surface area contributed by atoms with Crippen LogP contribution in [0.3, 0.4) is 0 Å². The van der Waals surface area contributed by atoms with Crippen LogP contribution >= 0.6 is 0 Å². The molecule has 112 valence electrons. The molecule has 0 bridgehead atoms. The zero-order chi connectivity index (χ0) is 15.0. The molecule has 8 heteroatoms. The summed E-state index contributed by atoms with van der Waals surface area (Å²) in [5.74, 6) is -0.212. The molecule has 1 fully saturated rings. The second-order valence-electron chi connectivity index (χ2n) is 5.35. The Hall–Kier alpha value is -2.22. The standard InChI is InChI=1S/C13H19N7O/c1-8-11(9(2)19(3)17-8)6-15-13(21)12-7-20(18-16-12)10-4-14-5-10/h7,10,14H,4-6H2,1-3H3,(H,15,21). The first kappa shape index (κ1) is 13.7. The molecule has 2 aromatic heterocycles. The predicted octanol–water partition coefficient (Wildman–Crippen LogP) is -0.297. The molecule has 0 saturated carbocycles. The molecule has 1 amide bonds. The van der Waals surface area contributed by atoms with Crippen LogP contribution in [-0.2, 0) is 13.6 Å². The first-order valence-corrected chi connectivity index (χ1v) is 6.96. The maximum Gasteiger partial charge on any atom is 0.273 e. The number of aromatic nitrogens is 5. The van der Waals surface area contributed by atoms with Crippen molar-refractivity contribution in [2.24, 2.45) is 7.05 Å². The van der Waals surface area contributed by atoms with Crippen LogP contribution in [0.25, 0.3) is 0 Å².